The van der Waals surface area contributed by atoms with Crippen LogP contribution in [-0.4, -0.2) is 31.1 Å². The average molecular weight is 287 g/mol. The van der Waals surface area contributed by atoms with E-state index in [2.05, 4.69) is 17.1 Å². The van der Waals surface area contributed by atoms with E-state index in [0.29, 0.717) is 6.04 Å². The monoisotopic (exact) mass is 286 g/mol. The fraction of sp³-hybridized carbons (Fsp3) is 0.600. The molecule has 1 atom stereocenters. The molecule has 2 rings (SSSR count). The van der Waals surface area contributed by atoms with Crippen molar-refractivity contribution in [2.24, 2.45) is 0 Å². The van der Waals surface area contributed by atoms with Crippen LogP contribution in [0.4, 0.5) is 4.39 Å². The van der Waals surface area contributed by atoms with Crippen LogP contribution < -0.4 is 5.32 Å². The first kappa shape index (κ1) is 16.4. The van der Waals surface area contributed by atoms with Gasteiger partial charge in [0.2, 0.25) is 0 Å². The highest BCUT2D eigenvalue weighted by Crippen LogP contribution is 2.26. The Morgan fingerprint density at radius 2 is 1.84 bits per heavy atom. The lowest BCUT2D eigenvalue weighted by Gasteiger charge is -2.35. The van der Waals surface area contributed by atoms with Crippen LogP contribution in [0.5, 0.6) is 0 Å². The predicted octanol–water partition coefficient (Wildman–Crippen LogP) is 3.38. The largest absolute Gasteiger partial charge is 0.314 e. The van der Waals surface area contributed by atoms with E-state index < -0.39 is 0 Å². The highest BCUT2D eigenvalue weighted by molar-refractivity contribution is 5.85. The number of hydrogen-bond donors (Lipinski definition) is 1. The fourth-order valence-electron chi connectivity index (χ4n) is 2.64. The van der Waals surface area contributed by atoms with Crippen LogP contribution in [0.25, 0.3) is 0 Å². The summed E-state index contributed by atoms with van der Waals surface area (Å²) in [7, 11) is 0. The van der Waals surface area contributed by atoms with Gasteiger partial charge >= 0.3 is 0 Å². The predicted molar refractivity (Wildman–Crippen MR) is 80.4 cm³/mol. The van der Waals surface area contributed by atoms with Gasteiger partial charge in [-0.1, -0.05) is 31.9 Å². The molecule has 108 valence electrons. The van der Waals surface area contributed by atoms with Crippen LogP contribution in [0.15, 0.2) is 24.3 Å². The first-order valence-corrected chi connectivity index (χ1v) is 7.01. The van der Waals surface area contributed by atoms with Gasteiger partial charge in [0.15, 0.2) is 0 Å². The van der Waals surface area contributed by atoms with Crippen molar-refractivity contribution in [2.45, 2.75) is 32.2 Å². The van der Waals surface area contributed by atoms with Crippen LogP contribution in [-0.2, 0) is 0 Å². The molecule has 1 saturated heterocycles. The van der Waals surface area contributed by atoms with Gasteiger partial charge in [-0.15, -0.1) is 12.4 Å². The lowest BCUT2D eigenvalue weighted by atomic mass is 9.99. The Balaban J connectivity index is 0.00000180. The molecule has 0 unspecified atom stereocenters. The van der Waals surface area contributed by atoms with Crippen LogP contribution >= 0.6 is 12.4 Å². The maximum Gasteiger partial charge on any atom is 0.123 e. The Kier molecular flexibility index (Phi) is 7.36. The Labute approximate surface area is 121 Å². The van der Waals surface area contributed by atoms with E-state index in [0.717, 1.165) is 26.2 Å². The molecule has 1 heterocycles. The van der Waals surface area contributed by atoms with Crippen molar-refractivity contribution in [3.63, 3.8) is 0 Å². The average Bonchev–Trinajstić information content (AvgIpc) is 2.42. The molecule has 1 aromatic carbocycles. The minimum Gasteiger partial charge on any atom is -0.314 e. The van der Waals surface area contributed by atoms with Gasteiger partial charge in [-0.05, 0) is 24.1 Å². The van der Waals surface area contributed by atoms with Crippen molar-refractivity contribution in [1.29, 1.82) is 0 Å². The minimum absolute atomic E-state index is 0. The van der Waals surface area contributed by atoms with Gasteiger partial charge in [0.05, 0.1) is 0 Å². The van der Waals surface area contributed by atoms with Gasteiger partial charge in [-0.25, -0.2) is 4.39 Å². The molecular weight excluding hydrogens is 263 g/mol. The molecule has 0 saturated carbocycles. The van der Waals surface area contributed by atoms with Gasteiger partial charge in [-0.2, -0.15) is 0 Å². The molecule has 1 aromatic rings. The third kappa shape index (κ3) is 4.75. The zero-order chi connectivity index (χ0) is 12.8. The second-order valence-electron chi connectivity index (χ2n) is 5.00. The van der Waals surface area contributed by atoms with Crippen LogP contribution in [0.3, 0.4) is 0 Å². The van der Waals surface area contributed by atoms with Crippen LogP contribution in [0.2, 0.25) is 0 Å². The second kappa shape index (κ2) is 8.51. The summed E-state index contributed by atoms with van der Waals surface area (Å²) >= 11 is 0. The third-order valence-corrected chi connectivity index (χ3v) is 3.68. The molecule has 2 nitrogen and oxygen atoms in total. The Bertz CT molecular complexity index is 350. The van der Waals surface area contributed by atoms with Crippen molar-refractivity contribution in [3.8, 4) is 0 Å². The summed E-state index contributed by atoms with van der Waals surface area (Å²) in [6, 6.07) is 7.50. The lowest BCUT2D eigenvalue weighted by molar-refractivity contribution is 0.163. The van der Waals surface area contributed by atoms with E-state index in [1.807, 2.05) is 12.1 Å². The Morgan fingerprint density at radius 1 is 1.21 bits per heavy atom. The Morgan fingerprint density at radius 3 is 2.42 bits per heavy atom. The van der Waals surface area contributed by atoms with Crippen LogP contribution in [0, 0.1) is 5.82 Å². The third-order valence-electron chi connectivity index (χ3n) is 3.68. The molecule has 1 fully saturated rings. The summed E-state index contributed by atoms with van der Waals surface area (Å²) in [5.74, 6) is -0.145. The number of unbranched alkanes of at least 4 members (excludes halogenated alkanes) is 1. The first-order valence-electron chi connectivity index (χ1n) is 7.01. The number of nitrogens with zero attached hydrogens (tertiary/aromatic N) is 1. The molecular formula is C15H24ClFN2. The SMILES string of the molecule is CCCC[C@H](c1ccc(F)cc1)N1CCNCC1.Cl. The zero-order valence-electron chi connectivity index (χ0n) is 11.6. The summed E-state index contributed by atoms with van der Waals surface area (Å²) in [6.07, 6.45) is 3.61. The molecule has 0 aromatic heterocycles. The van der Waals surface area contributed by atoms with Crippen molar-refractivity contribution in [1.82, 2.24) is 10.2 Å². The second-order valence-corrected chi connectivity index (χ2v) is 5.00. The molecule has 1 aliphatic rings. The van der Waals surface area contributed by atoms with Crippen molar-refractivity contribution in [2.75, 3.05) is 26.2 Å². The number of halogens is 2. The molecule has 19 heavy (non-hydrogen) atoms. The zero-order valence-corrected chi connectivity index (χ0v) is 12.4. The maximum absolute atomic E-state index is 13.0. The Hall–Kier alpha value is -0.640. The van der Waals surface area contributed by atoms with Crippen LogP contribution in [0.1, 0.15) is 37.8 Å². The number of nitrogens with one attached hydrogen (secondary N) is 1. The minimum atomic E-state index is -0.145. The van der Waals surface area contributed by atoms with E-state index >= 15 is 0 Å². The van der Waals surface area contributed by atoms with E-state index in [1.165, 1.54) is 24.8 Å². The normalized spacial score (nSPS) is 17.8. The van der Waals surface area contributed by atoms with Gasteiger partial charge in [0, 0.05) is 32.2 Å². The quantitative estimate of drug-likeness (QED) is 0.893. The van der Waals surface area contributed by atoms with E-state index in [9.17, 15) is 4.39 Å². The number of hydrogen-bond acceptors (Lipinski definition) is 2. The van der Waals surface area contributed by atoms with Gasteiger partial charge in [0.1, 0.15) is 5.82 Å². The highest BCUT2D eigenvalue weighted by atomic mass is 35.5. The molecule has 1 aliphatic heterocycles. The number of benzene rings is 1. The topological polar surface area (TPSA) is 15.3 Å². The summed E-state index contributed by atoms with van der Waals surface area (Å²) in [6.45, 7) is 6.52. The summed E-state index contributed by atoms with van der Waals surface area (Å²) in [4.78, 5) is 2.53. The smallest absolute Gasteiger partial charge is 0.123 e. The molecule has 4 heteroatoms. The summed E-state index contributed by atoms with van der Waals surface area (Å²) < 4.78 is 13.0. The molecule has 1 N–H and O–H groups in total. The molecule has 0 spiro atoms. The fourth-order valence-corrected chi connectivity index (χ4v) is 2.64. The maximum atomic E-state index is 13.0. The molecule has 0 bridgehead atoms. The molecule has 0 amide bonds. The van der Waals surface area contributed by atoms with Gasteiger partial charge in [-0.3, -0.25) is 4.90 Å². The van der Waals surface area contributed by atoms with E-state index in [1.54, 1.807) is 12.1 Å². The number of piperazine rings is 1. The van der Waals surface area contributed by atoms with Gasteiger partial charge in [0.25, 0.3) is 0 Å². The van der Waals surface area contributed by atoms with E-state index in [4.69, 9.17) is 0 Å². The molecule has 0 radical (unpaired) electrons. The standard InChI is InChI=1S/C15H23FN2.ClH/c1-2-3-4-15(18-11-9-17-10-12-18)13-5-7-14(16)8-6-13;/h5-8,15,17H,2-4,9-12H2,1H3;1H/t15-;/m1./s1. The number of rotatable bonds is 5. The van der Waals surface area contributed by atoms with Crippen molar-refractivity contribution >= 4 is 12.4 Å². The summed E-state index contributed by atoms with van der Waals surface area (Å²) in [5, 5.41) is 3.38. The molecule has 0 aliphatic carbocycles. The van der Waals surface area contributed by atoms with Gasteiger partial charge < -0.3 is 5.32 Å². The van der Waals surface area contributed by atoms with Crippen molar-refractivity contribution < 1.29 is 4.39 Å². The summed E-state index contributed by atoms with van der Waals surface area (Å²) in [5.41, 5.74) is 1.26. The van der Waals surface area contributed by atoms with E-state index in [-0.39, 0.29) is 18.2 Å². The highest BCUT2D eigenvalue weighted by Gasteiger charge is 2.21. The lowest BCUT2D eigenvalue weighted by Crippen LogP contribution is -2.45. The first-order chi connectivity index (χ1) is 8.81. The van der Waals surface area contributed by atoms with Crippen molar-refractivity contribution in [3.05, 3.63) is 35.6 Å².